The molecule has 6 nitrogen and oxygen atoms in total. The number of aryl methyl sites for hydroxylation is 1. The average molecular weight is 368 g/mol. The fourth-order valence-electron chi connectivity index (χ4n) is 2.94. The first-order chi connectivity index (χ1) is 12.9. The van der Waals surface area contributed by atoms with Crippen molar-refractivity contribution in [1.82, 2.24) is 4.57 Å². The number of ketones is 1. The molecule has 0 aliphatic rings. The lowest BCUT2D eigenvalue weighted by atomic mass is 10.0. The van der Waals surface area contributed by atoms with E-state index < -0.39 is 17.2 Å². The van der Waals surface area contributed by atoms with E-state index in [1.165, 1.54) is 6.92 Å². The summed E-state index contributed by atoms with van der Waals surface area (Å²) in [5.74, 6) is -0.338. The quantitative estimate of drug-likeness (QED) is 0.569. The van der Waals surface area contributed by atoms with Gasteiger partial charge in [0.15, 0.2) is 6.61 Å². The van der Waals surface area contributed by atoms with Crippen molar-refractivity contribution in [1.29, 1.82) is 5.26 Å². The highest BCUT2D eigenvalue weighted by Crippen LogP contribution is 2.23. The molecule has 1 heterocycles. The van der Waals surface area contributed by atoms with E-state index in [-0.39, 0.29) is 29.8 Å². The van der Waals surface area contributed by atoms with Crippen molar-refractivity contribution in [2.45, 2.75) is 46.6 Å². The van der Waals surface area contributed by atoms with Gasteiger partial charge in [-0.1, -0.05) is 31.9 Å². The third kappa shape index (κ3) is 4.56. The van der Waals surface area contributed by atoms with E-state index in [0.717, 1.165) is 23.0 Å². The number of carbonyl (C=O) groups is 1. The molecule has 27 heavy (non-hydrogen) atoms. The van der Waals surface area contributed by atoms with Crippen LogP contribution in [-0.2, 0) is 6.54 Å². The number of Topliss-reactive ketones (excluding diaryl/α,β-unsaturated/α-hetero) is 1. The predicted molar refractivity (Wildman–Crippen MR) is 102 cm³/mol. The van der Waals surface area contributed by atoms with Crippen LogP contribution in [0.5, 0.6) is 11.6 Å². The Morgan fingerprint density at radius 2 is 2.04 bits per heavy atom. The van der Waals surface area contributed by atoms with Gasteiger partial charge >= 0.3 is 0 Å². The van der Waals surface area contributed by atoms with Crippen molar-refractivity contribution in [2.24, 2.45) is 0 Å². The van der Waals surface area contributed by atoms with E-state index in [9.17, 15) is 20.0 Å². The number of hydrogen-bond donors (Lipinski definition) is 1. The Hall–Kier alpha value is -3.07. The van der Waals surface area contributed by atoms with Crippen LogP contribution in [0.2, 0.25) is 0 Å². The molecule has 0 saturated heterocycles. The number of nitrogens with zero attached hydrogens (tertiary/aromatic N) is 2. The summed E-state index contributed by atoms with van der Waals surface area (Å²) in [5, 5.41) is 19.9. The molecule has 0 unspecified atom stereocenters. The van der Waals surface area contributed by atoms with Crippen LogP contribution in [-0.4, -0.2) is 22.1 Å². The monoisotopic (exact) mass is 368 g/mol. The summed E-state index contributed by atoms with van der Waals surface area (Å²) in [6, 6.07) is 9.13. The molecule has 6 heteroatoms. The van der Waals surface area contributed by atoms with E-state index in [4.69, 9.17) is 4.74 Å². The van der Waals surface area contributed by atoms with Gasteiger partial charge in [-0.15, -0.1) is 0 Å². The van der Waals surface area contributed by atoms with Crippen LogP contribution in [0.25, 0.3) is 0 Å². The van der Waals surface area contributed by atoms with Gasteiger partial charge in [0.05, 0.1) is 5.56 Å². The molecule has 0 atom stereocenters. The summed E-state index contributed by atoms with van der Waals surface area (Å²) >= 11 is 0. The Kier molecular flexibility index (Phi) is 6.78. The van der Waals surface area contributed by atoms with Crippen LogP contribution in [0.15, 0.2) is 29.1 Å². The fourth-order valence-corrected chi connectivity index (χ4v) is 2.94. The molecule has 1 N–H and O–H groups in total. The third-order valence-corrected chi connectivity index (χ3v) is 4.42. The van der Waals surface area contributed by atoms with Crippen LogP contribution in [0, 0.1) is 25.2 Å². The lowest BCUT2D eigenvalue weighted by Crippen LogP contribution is -2.27. The SMILES string of the molecule is CCCCCn1c(O)c(C(=O)COc2cccc(C)c2)c(C)c(C#N)c1=O. The van der Waals surface area contributed by atoms with E-state index in [1.54, 1.807) is 12.1 Å². The molecule has 2 rings (SSSR count). The highest BCUT2D eigenvalue weighted by molar-refractivity contribution is 6.01. The molecule has 0 radical (unpaired) electrons. The molecule has 1 aromatic carbocycles. The fraction of sp³-hybridized carbons (Fsp3) is 0.381. The van der Waals surface area contributed by atoms with E-state index in [0.29, 0.717) is 12.2 Å². The number of unbranched alkanes of at least 4 members (excludes halogenated alkanes) is 2. The van der Waals surface area contributed by atoms with Crippen LogP contribution in [0.4, 0.5) is 0 Å². The molecule has 0 saturated carbocycles. The Bertz CT molecular complexity index is 938. The van der Waals surface area contributed by atoms with Crippen LogP contribution < -0.4 is 10.3 Å². The minimum atomic E-state index is -0.570. The summed E-state index contributed by atoms with van der Waals surface area (Å²) in [6.45, 7) is 5.39. The molecule has 0 fully saturated rings. The number of carbonyl (C=O) groups excluding carboxylic acids is 1. The molecule has 0 amide bonds. The summed E-state index contributed by atoms with van der Waals surface area (Å²) < 4.78 is 6.64. The normalized spacial score (nSPS) is 10.4. The molecule has 0 spiro atoms. The van der Waals surface area contributed by atoms with Gasteiger partial charge in [0.25, 0.3) is 5.56 Å². The zero-order chi connectivity index (χ0) is 20.0. The zero-order valence-electron chi connectivity index (χ0n) is 15.9. The smallest absolute Gasteiger partial charge is 0.271 e. The number of aromatic nitrogens is 1. The number of benzene rings is 1. The maximum absolute atomic E-state index is 12.7. The Morgan fingerprint density at radius 1 is 1.30 bits per heavy atom. The average Bonchev–Trinajstić information content (AvgIpc) is 2.63. The number of ether oxygens (including phenoxy) is 1. The lowest BCUT2D eigenvalue weighted by Gasteiger charge is -2.15. The van der Waals surface area contributed by atoms with Crippen LogP contribution in [0.1, 0.15) is 53.2 Å². The van der Waals surface area contributed by atoms with Crippen molar-refractivity contribution in [3.63, 3.8) is 0 Å². The number of pyridine rings is 1. The Labute approximate surface area is 158 Å². The number of hydrogen-bond acceptors (Lipinski definition) is 5. The minimum Gasteiger partial charge on any atom is -0.494 e. The number of rotatable bonds is 8. The largest absolute Gasteiger partial charge is 0.494 e. The van der Waals surface area contributed by atoms with Gasteiger partial charge in [-0.3, -0.25) is 14.2 Å². The van der Waals surface area contributed by atoms with Crippen molar-refractivity contribution in [2.75, 3.05) is 6.61 Å². The summed E-state index contributed by atoms with van der Waals surface area (Å²) in [7, 11) is 0. The molecule has 1 aromatic heterocycles. The second-order valence-corrected chi connectivity index (χ2v) is 6.50. The van der Waals surface area contributed by atoms with Crippen LogP contribution >= 0.6 is 0 Å². The first-order valence-electron chi connectivity index (χ1n) is 8.99. The highest BCUT2D eigenvalue weighted by Gasteiger charge is 2.24. The second-order valence-electron chi connectivity index (χ2n) is 6.50. The Morgan fingerprint density at radius 3 is 2.67 bits per heavy atom. The van der Waals surface area contributed by atoms with Crippen molar-refractivity contribution in [3.05, 3.63) is 56.9 Å². The van der Waals surface area contributed by atoms with Crippen LogP contribution in [0.3, 0.4) is 0 Å². The molecule has 142 valence electrons. The second kappa shape index (κ2) is 9.04. The maximum atomic E-state index is 12.7. The molecule has 2 aromatic rings. The first kappa shape index (κ1) is 20.2. The summed E-state index contributed by atoms with van der Waals surface area (Å²) in [6.07, 6.45) is 2.50. The highest BCUT2D eigenvalue weighted by atomic mass is 16.5. The van der Waals surface area contributed by atoms with Gasteiger partial charge in [0.1, 0.15) is 17.4 Å². The maximum Gasteiger partial charge on any atom is 0.271 e. The van der Waals surface area contributed by atoms with Gasteiger partial charge in [-0.2, -0.15) is 5.26 Å². The minimum absolute atomic E-state index is 0.0321. The van der Waals surface area contributed by atoms with E-state index in [1.807, 2.05) is 32.0 Å². The molecular weight excluding hydrogens is 344 g/mol. The van der Waals surface area contributed by atoms with Gasteiger partial charge in [0, 0.05) is 6.54 Å². The van der Waals surface area contributed by atoms with Gasteiger partial charge in [-0.25, -0.2) is 0 Å². The number of aromatic hydroxyl groups is 1. The molecule has 0 aliphatic carbocycles. The van der Waals surface area contributed by atoms with Crippen molar-refractivity contribution < 1.29 is 14.6 Å². The van der Waals surface area contributed by atoms with Crippen molar-refractivity contribution >= 4 is 5.78 Å². The molecular formula is C21H24N2O4. The van der Waals surface area contributed by atoms with E-state index in [2.05, 4.69) is 0 Å². The van der Waals surface area contributed by atoms with Gasteiger partial charge in [-0.05, 0) is 43.5 Å². The number of nitriles is 1. The Balaban J connectivity index is 2.36. The molecule has 0 aliphatic heterocycles. The molecule has 0 bridgehead atoms. The topological polar surface area (TPSA) is 92.3 Å². The standard InChI is InChI=1S/C21H24N2O4/c1-4-5-6-10-23-20(25)17(12-22)15(3)19(21(23)26)18(24)13-27-16-9-7-8-14(2)11-16/h7-9,11,26H,4-6,10,13H2,1-3H3. The van der Waals surface area contributed by atoms with Crippen molar-refractivity contribution in [3.8, 4) is 17.7 Å². The zero-order valence-corrected chi connectivity index (χ0v) is 15.9. The van der Waals surface area contributed by atoms with Gasteiger partial charge < -0.3 is 9.84 Å². The first-order valence-corrected chi connectivity index (χ1v) is 8.99. The predicted octanol–water partition coefficient (Wildman–Crippen LogP) is 3.49. The lowest BCUT2D eigenvalue weighted by molar-refractivity contribution is 0.0916. The van der Waals surface area contributed by atoms with E-state index >= 15 is 0 Å². The third-order valence-electron chi connectivity index (χ3n) is 4.42. The van der Waals surface area contributed by atoms with Gasteiger partial charge in [0.2, 0.25) is 11.7 Å². The summed E-state index contributed by atoms with van der Waals surface area (Å²) in [4.78, 5) is 25.2. The summed E-state index contributed by atoms with van der Waals surface area (Å²) in [5.41, 5.74) is 0.457.